The lowest BCUT2D eigenvalue weighted by molar-refractivity contribution is 0.101. The molecule has 0 aliphatic rings. The Morgan fingerprint density at radius 2 is 1.96 bits per heavy atom. The van der Waals surface area contributed by atoms with Crippen LogP contribution in [0.4, 0.5) is 0 Å². The molecule has 1 aromatic heterocycles. The summed E-state index contributed by atoms with van der Waals surface area (Å²) in [5, 5.41) is 22.9. The van der Waals surface area contributed by atoms with E-state index in [1.165, 1.54) is 17.8 Å². The van der Waals surface area contributed by atoms with Crippen molar-refractivity contribution < 1.29 is 9.90 Å². The molecule has 0 spiro atoms. The van der Waals surface area contributed by atoms with E-state index in [0.717, 1.165) is 16.9 Å². The van der Waals surface area contributed by atoms with Crippen LogP contribution in [-0.4, -0.2) is 26.9 Å². The summed E-state index contributed by atoms with van der Waals surface area (Å²) in [6, 6.07) is 11.5. The number of carbonyl (C=O) groups excluding carboxylic acids is 1. The third kappa shape index (κ3) is 4.19. The van der Waals surface area contributed by atoms with Crippen LogP contribution in [0.1, 0.15) is 22.3 Å². The average Bonchev–Trinajstić information content (AvgIpc) is 3.01. The largest absolute Gasteiger partial charge is 0.508 e. The number of halogens is 2. The van der Waals surface area contributed by atoms with Crippen molar-refractivity contribution in [3.05, 3.63) is 67.9 Å². The standard InChI is InChI=1S/C17H12Cl2N4O2S/c1-10(24)16-22-23(15-7-4-12(18)8-14(15)19)17(26-16)21-20-9-11-2-5-13(25)6-3-11/h2-9,25H,1H3/b20-9-,21-17+. The van der Waals surface area contributed by atoms with E-state index in [4.69, 9.17) is 23.2 Å². The SMILES string of the molecule is CC(=O)c1nn(-c2ccc(Cl)cc2Cl)/c(=N\N=C/c2ccc(O)cc2)s1. The van der Waals surface area contributed by atoms with Gasteiger partial charge in [0.05, 0.1) is 16.9 Å². The van der Waals surface area contributed by atoms with Gasteiger partial charge in [-0.2, -0.15) is 10.2 Å². The normalized spacial score (nSPS) is 12.0. The van der Waals surface area contributed by atoms with Gasteiger partial charge in [0.15, 0.2) is 10.8 Å². The fourth-order valence-corrected chi connectivity index (χ4v) is 3.25. The van der Waals surface area contributed by atoms with Gasteiger partial charge >= 0.3 is 0 Å². The summed E-state index contributed by atoms with van der Waals surface area (Å²) in [5.74, 6) is -0.0133. The van der Waals surface area contributed by atoms with Crippen LogP contribution in [0.15, 0.2) is 52.7 Å². The zero-order valence-corrected chi connectivity index (χ0v) is 15.8. The van der Waals surface area contributed by atoms with Gasteiger partial charge < -0.3 is 5.11 Å². The third-order valence-electron chi connectivity index (χ3n) is 3.24. The van der Waals surface area contributed by atoms with E-state index in [1.807, 2.05) is 0 Å². The third-order valence-corrected chi connectivity index (χ3v) is 4.78. The number of phenolic OH excluding ortho intramolecular Hbond substituents is 1. The van der Waals surface area contributed by atoms with Gasteiger partial charge in [-0.25, -0.2) is 4.68 Å². The van der Waals surface area contributed by atoms with E-state index in [-0.39, 0.29) is 16.5 Å². The molecule has 0 atom stereocenters. The number of Topliss-reactive ketones (excluding diaryl/α,β-unsaturated/α-hetero) is 1. The van der Waals surface area contributed by atoms with Crippen molar-refractivity contribution in [2.45, 2.75) is 6.92 Å². The number of rotatable bonds is 4. The molecule has 2 aromatic carbocycles. The highest BCUT2D eigenvalue weighted by molar-refractivity contribution is 7.11. The number of benzene rings is 2. The molecule has 0 bridgehead atoms. The molecule has 1 heterocycles. The van der Waals surface area contributed by atoms with Crippen LogP contribution in [0.3, 0.4) is 0 Å². The zero-order valence-electron chi connectivity index (χ0n) is 13.4. The molecular formula is C17H12Cl2N4O2S. The van der Waals surface area contributed by atoms with Crippen molar-refractivity contribution in [3.8, 4) is 11.4 Å². The molecule has 0 radical (unpaired) electrons. The van der Waals surface area contributed by atoms with Crippen LogP contribution >= 0.6 is 34.5 Å². The maximum atomic E-state index is 11.7. The molecular weight excluding hydrogens is 395 g/mol. The number of hydrogen-bond acceptors (Lipinski definition) is 6. The highest BCUT2D eigenvalue weighted by Gasteiger charge is 2.13. The second-order valence-electron chi connectivity index (χ2n) is 5.19. The van der Waals surface area contributed by atoms with E-state index in [0.29, 0.717) is 20.5 Å². The average molecular weight is 407 g/mol. The van der Waals surface area contributed by atoms with Gasteiger partial charge in [-0.3, -0.25) is 4.79 Å². The number of hydrogen-bond donors (Lipinski definition) is 1. The molecule has 0 aliphatic heterocycles. The van der Waals surface area contributed by atoms with Crippen LogP contribution < -0.4 is 4.80 Å². The molecule has 0 aliphatic carbocycles. The number of nitrogens with zero attached hydrogens (tertiary/aromatic N) is 4. The lowest BCUT2D eigenvalue weighted by Crippen LogP contribution is -2.14. The van der Waals surface area contributed by atoms with E-state index in [1.54, 1.807) is 42.5 Å². The Morgan fingerprint density at radius 1 is 1.23 bits per heavy atom. The Morgan fingerprint density at radius 3 is 2.62 bits per heavy atom. The molecule has 26 heavy (non-hydrogen) atoms. The van der Waals surface area contributed by atoms with Crippen LogP contribution in [0.25, 0.3) is 5.69 Å². The number of ketones is 1. The highest BCUT2D eigenvalue weighted by atomic mass is 35.5. The van der Waals surface area contributed by atoms with Gasteiger partial charge in [-0.05, 0) is 48.0 Å². The summed E-state index contributed by atoms with van der Waals surface area (Å²) < 4.78 is 1.45. The van der Waals surface area contributed by atoms with Crippen molar-refractivity contribution in [2.24, 2.45) is 10.2 Å². The first-order valence-corrected chi connectivity index (χ1v) is 8.94. The van der Waals surface area contributed by atoms with E-state index in [2.05, 4.69) is 15.3 Å². The van der Waals surface area contributed by atoms with Crippen LogP contribution in [0, 0.1) is 0 Å². The quantitative estimate of drug-likeness (QED) is 0.402. The molecule has 132 valence electrons. The molecule has 1 N–H and O–H groups in total. The summed E-state index contributed by atoms with van der Waals surface area (Å²) in [7, 11) is 0. The topological polar surface area (TPSA) is 79.8 Å². The zero-order chi connectivity index (χ0) is 18.7. The van der Waals surface area contributed by atoms with Gasteiger partial charge in [-0.15, -0.1) is 5.10 Å². The van der Waals surface area contributed by atoms with E-state index >= 15 is 0 Å². The summed E-state index contributed by atoms with van der Waals surface area (Å²) in [6.07, 6.45) is 1.53. The number of carbonyl (C=O) groups is 1. The van der Waals surface area contributed by atoms with Gasteiger partial charge in [0, 0.05) is 11.9 Å². The van der Waals surface area contributed by atoms with Gasteiger partial charge in [0.1, 0.15) is 5.75 Å². The van der Waals surface area contributed by atoms with Gasteiger partial charge in [0.25, 0.3) is 0 Å². The van der Waals surface area contributed by atoms with Crippen molar-refractivity contribution in [3.63, 3.8) is 0 Å². The fraction of sp³-hybridized carbons (Fsp3) is 0.0588. The number of aromatic nitrogens is 2. The maximum absolute atomic E-state index is 11.7. The minimum atomic E-state index is -0.183. The van der Waals surface area contributed by atoms with Crippen molar-refractivity contribution in [1.82, 2.24) is 9.78 Å². The monoisotopic (exact) mass is 406 g/mol. The summed E-state index contributed by atoms with van der Waals surface area (Å²) in [4.78, 5) is 12.1. The Balaban J connectivity index is 2.05. The van der Waals surface area contributed by atoms with Gasteiger partial charge in [0.2, 0.25) is 4.80 Å². The number of aromatic hydroxyl groups is 1. The smallest absolute Gasteiger partial charge is 0.233 e. The van der Waals surface area contributed by atoms with E-state index < -0.39 is 0 Å². The first-order chi connectivity index (χ1) is 12.4. The first kappa shape index (κ1) is 18.3. The van der Waals surface area contributed by atoms with E-state index in [9.17, 15) is 9.90 Å². The second kappa shape index (κ2) is 7.82. The number of phenols is 1. The van der Waals surface area contributed by atoms with Crippen LogP contribution in [0.2, 0.25) is 10.0 Å². The molecule has 0 fully saturated rings. The van der Waals surface area contributed by atoms with Crippen LogP contribution in [-0.2, 0) is 0 Å². The Hall–Kier alpha value is -2.48. The molecule has 6 nitrogen and oxygen atoms in total. The predicted molar refractivity (Wildman–Crippen MR) is 103 cm³/mol. The molecule has 0 unspecified atom stereocenters. The lowest BCUT2D eigenvalue weighted by Gasteiger charge is -2.03. The molecule has 3 aromatic rings. The van der Waals surface area contributed by atoms with Gasteiger partial charge in [-0.1, -0.05) is 34.5 Å². The maximum Gasteiger partial charge on any atom is 0.233 e. The highest BCUT2D eigenvalue weighted by Crippen LogP contribution is 2.23. The van der Waals surface area contributed by atoms with Crippen molar-refractivity contribution >= 4 is 46.5 Å². The van der Waals surface area contributed by atoms with Crippen molar-refractivity contribution in [2.75, 3.05) is 0 Å². The lowest BCUT2D eigenvalue weighted by atomic mass is 10.2. The summed E-state index contributed by atoms with van der Waals surface area (Å²) in [6.45, 7) is 1.43. The Kier molecular flexibility index (Phi) is 5.51. The minimum Gasteiger partial charge on any atom is -0.508 e. The summed E-state index contributed by atoms with van der Waals surface area (Å²) in [5.41, 5.74) is 1.30. The predicted octanol–water partition coefficient (Wildman–Crippen LogP) is 4.08. The molecule has 0 saturated carbocycles. The Bertz CT molecular complexity index is 1060. The molecule has 3 rings (SSSR count). The summed E-state index contributed by atoms with van der Waals surface area (Å²) >= 11 is 13.3. The van der Waals surface area contributed by atoms with Crippen molar-refractivity contribution in [1.29, 1.82) is 0 Å². The fourth-order valence-electron chi connectivity index (χ4n) is 2.00. The minimum absolute atomic E-state index is 0.169. The van der Waals surface area contributed by atoms with Crippen LogP contribution in [0.5, 0.6) is 5.75 Å². The Labute approximate surface area is 162 Å². The first-order valence-electron chi connectivity index (χ1n) is 7.36. The molecule has 0 saturated heterocycles. The molecule has 9 heteroatoms. The molecule has 0 amide bonds. The second-order valence-corrected chi connectivity index (χ2v) is 6.99.